The van der Waals surface area contributed by atoms with Crippen molar-refractivity contribution in [3.8, 4) is 11.5 Å². The molecule has 5 heteroatoms. The van der Waals surface area contributed by atoms with E-state index in [1.54, 1.807) is 6.20 Å². The van der Waals surface area contributed by atoms with Gasteiger partial charge in [0.1, 0.15) is 11.5 Å². The number of aromatic nitrogens is 5. The zero-order valence-electron chi connectivity index (χ0n) is 6.92. The first kappa shape index (κ1) is 7.02. The zero-order chi connectivity index (χ0) is 8.55. The molecule has 62 valence electrons. The lowest BCUT2D eigenvalue weighted by Gasteiger charge is -1.88. The lowest BCUT2D eigenvalue weighted by molar-refractivity contribution is 1.03. The van der Waals surface area contributed by atoms with Crippen molar-refractivity contribution in [2.75, 3.05) is 0 Å². The van der Waals surface area contributed by atoms with Gasteiger partial charge in [0.15, 0.2) is 5.82 Å². The van der Waals surface area contributed by atoms with Crippen LogP contribution in [0.3, 0.4) is 0 Å². The molecule has 2 aromatic rings. The number of nitrogens with zero attached hydrogens (tertiary/aromatic N) is 3. The highest BCUT2D eigenvalue weighted by atomic mass is 15.2. The van der Waals surface area contributed by atoms with Gasteiger partial charge in [0.25, 0.3) is 0 Å². The fraction of sp³-hybridized carbons (Fsp3) is 0.286. The second-order valence-electron chi connectivity index (χ2n) is 2.67. The Morgan fingerprint density at radius 2 is 2.08 bits per heavy atom. The molecular formula is C7H9N5. The van der Waals surface area contributed by atoms with E-state index in [0.29, 0.717) is 5.82 Å². The number of hydrogen-bond donors (Lipinski definition) is 2. The highest BCUT2D eigenvalue weighted by Gasteiger charge is 2.07. The zero-order valence-corrected chi connectivity index (χ0v) is 6.92. The van der Waals surface area contributed by atoms with E-state index in [0.717, 1.165) is 17.1 Å². The normalized spacial score (nSPS) is 10.5. The quantitative estimate of drug-likeness (QED) is 0.653. The van der Waals surface area contributed by atoms with Crippen molar-refractivity contribution in [3.63, 3.8) is 0 Å². The SMILES string of the molecule is Cc1nc(-c2[nH]ncc2C)n[nH]1. The van der Waals surface area contributed by atoms with Gasteiger partial charge in [0.05, 0.1) is 6.20 Å². The number of H-pyrrole nitrogens is 2. The fourth-order valence-corrected chi connectivity index (χ4v) is 1.03. The Bertz CT molecular complexity index is 386. The van der Waals surface area contributed by atoms with Crippen LogP contribution < -0.4 is 0 Å². The summed E-state index contributed by atoms with van der Waals surface area (Å²) in [6.07, 6.45) is 1.75. The monoisotopic (exact) mass is 163 g/mol. The Morgan fingerprint density at radius 1 is 1.25 bits per heavy atom. The van der Waals surface area contributed by atoms with Crippen LogP contribution in [-0.2, 0) is 0 Å². The molecular weight excluding hydrogens is 154 g/mol. The summed E-state index contributed by atoms with van der Waals surface area (Å²) < 4.78 is 0. The number of aromatic amines is 2. The topological polar surface area (TPSA) is 70.2 Å². The number of hydrogen-bond acceptors (Lipinski definition) is 3. The predicted molar refractivity (Wildman–Crippen MR) is 43.4 cm³/mol. The lowest BCUT2D eigenvalue weighted by Crippen LogP contribution is -1.83. The van der Waals surface area contributed by atoms with Crippen molar-refractivity contribution in [1.29, 1.82) is 0 Å². The van der Waals surface area contributed by atoms with E-state index in [9.17, 15) is 0 Å². The predicted octanol–water partition coefficient (Wildman–Crippen LogP) is 0.812. The Kier molecular flexibility index (Phi) is 1.43. The van der Waals surface area contributed by atoms with E-state index in [1.807, 2.05) is 13.8 Å². The first-order valence-corrected chi connectivity index (χ1v) is 3.66. The molecule has 0 saturated carbocycles. The van der Waals surface area contributed by atoms with Crippen molar-refractivity contribution in [1.82, 2.24) is 25.4 Å². The smallest absolute Gasteiger partial charge is 0.199 e. The second kappa shape index (κ2) is 2.44. The van der Waals surface area contributed by atoms with Gasteiger partial charge in [-0.15, -0.1) is 0 Å². The molecule has 0 saturated heterocycles. The van der Waals surface area contributed by atoms with Crippen molar-refractivity contribution >= 4 is 0 Å². The summed E-state index contributed by atoms with van der Waals surface area (Å²) in [6.45, 7) is 3.83. The van der Waals surface area contributed by atoms with Crippen LogP contribution in [0.15, 0.2) is 6.20 Å². The van der Waals surface area contributed by atoms with Crippen LogP contribution in [0.25, 0.3) is 11.5 Å². The molecule has 0 spiro atoms. The summed E-state index contributed by atoms with van der Waals surface area (Å²) in [6, 6.07) is 0. The number of rotatable bonds is 1. The van der Waals surface area contributed by atoms with Gasteiger partial charge in [-0.2, -0.15) is 10.2 Å². The summed E-state index contributed by atoms with van der Waals surface area (Å²) in [7, 11) is 0. The van der Waals surface area contributed by atoms with Gasteiger partial charge in [-0.05, 0) is 19.4 Å². The maximum absolute atomic E-state index is 4.18. The summed E-state index contributed by atoms with van der Waals surface area (Å²) in [5, 5.41) is 13.5. The van der Waals surface area contributed by atoms with Crippen LogP contribution in [0.4, 0.5) is 0 Å². The third kappa shape index (κ3) is 0.990. The first-order valence-electron chi connectivity index (χ1n) is 3.66. The van der Waals surface area contributed by atoms with Gasteiger partial charge in [0, 0.05) is 0 Å². The van der Waals surface area contributed by atoms with Crippen molar-refractivity contribution < 1.29 is 0 Å². The maximum Gasteiger partial charge on any atom is 0.199 e. The Labute approximate surface area is 69.2 Å². The van der Waals surface area contributed by atoms with Crippen LogP contribution in [0, 0.1) is 13.8 Å². The van der Waals surface area contributed by atoms with E-state index in [1.165, 1.54) is 0 Å². The lowest BCUT2D eigenvalue weighted by atomic mass is 10.3. The molecule has 0 aliphatic carbocycles. The highest BCUT2D eigenvalue weighted by Crippen LogP contribution is 2.14. The average molecular weight is 163 g/mol. The molecule has 0 bridgehead atoms. The van der Waals surface area contributed by atoms with Crippen molar-refractivity contribution in [2.45, 2.75) is 13.8 Å². The third-order valence-electron chi connectivity index (χ3n) is 1.65. The molecule has 0 fully saturated rings. The summed E-state index contributed by atoms with van der Waals surface area (Å²) in [5.41, 5.74) is 1.92. The Balaban J connectivity index is 2.50. The van der Waals surface area contributed by atoms with Crippen LogP contribution in [-0.4, -0.2) is 25.4 Å². The molecule has 0 aromatic carbocycles. The summed E-state index contributed by atoms with van der Waals surface area (Å²) in [4.78, 5) is 4.18. The molecule has 0 aliphatic heterocycles. The summed E-state index contributed by atoms with van der Waals surface area (Å²) >= 11 is 0. The Morgan fingerprint density at radius 3 is 2.58 bits per heavy atom. The van der Waals surface area contributed by atoms with Gasteiger partial charge in [-0.25, -0.2) is 4.98 Å². The molecule has 0 atom stereocenters. The van der Waals surface area contributed by atoms with Gasteiger partial charge >= 0.3 is 0 Å². The third-order valence-corrected chi connectivity index (χ3v) is 1.65. The van der Waals surface area contributed by atoms with Gasteiger partial charge in [-0.1, -0.05) is 0 Å². The van der Waals surface area contributed by atoms with Crippen LogP contribution >= 0.6 is 0 Å². The largest absolute Gasteiger partial charge is 0.274 e. The Hall–Kier alpha value is -1.65. The van der Waals surface area contributed by atoms with Crippen LogP contribution in [0.5, 0.6) is 0 Å². The first-order chi connectivity index (χ1) is 5.77. The standard InChI is InChI=1S/C7H9N5/c1-4-3-8-11-6(4)7-9-5(2)10-12-7/h3H,1-2H3,(H,8,11)(H,9,10,12). The maximum atomic E-state index is 4.18. The minimum absolute atomic E-state index is 0.669. The van der Waals surface area contributed by atoms with E-state index in [-0.39, 0.29) is 0 Å². The number of nitrogens with one attached hydrogen (secondary N) is 2. The van der Waals surface area contributed by atoms with Crippen molar-refractivity contribution in [2.24, 2.45) is 0 Å². The van der Waals surface area contributed by atoms with Crippen LogP contribution in [0.2, 0.25) is 0 Å². The molecule has 0 radical (unpaired) electrons. The molecule has 2 heterocycles. The van der Waals surface area contributed by atoms with Crippen molar-refractivity contribution in [3.05, 3.63) is 17.6 Å². The van der Waals surface area contributed by atoms with E-state index < -0.39 is 0 Å². The van der Waals surface area contributed by atoms with E-state index in [2.05, 4.69) is 25.4 Å². The summed E-state index contributed by atoms with van der Waals surface area (Å²) in [5.74, 6) is 1.47. The van der Waals surface area contributed by atoms with E-state index in [4.69, 9.17) is 0 Å². The fourth-order valence-electron chi connectivity index (χ4n) is 1.03. The molecule has 0 unspecified atom stereocenters. The molecule has 0 aliphatic rings. The van der Waals surface area contributed by atoms with Crippen LogP contribution in [0.1, 0.15) is 11.4 Å². The molecule has 5 nitrogen and oxygen atoms in total. The molecule has 12 heavy (non-hydrogen) atoms. The molecule has 0 amide bonds. The number of aryl methyl sites for hydroxylation is 2. The van der Waals surface area contributed by atoms with Gasteiger partial charge < -0.3 is 0 Å². The highest BCUT2D eigenvalue weighted by molar-refractivity contribution is 5.52. The molecule has 2 rings (SSSR count). The molecule has 2 aromatic heterocycles. The van der Waals surface area contributed by atoms with Gasteiger partial charge in [0.2, 0.25) is 0 Å². The second-order valence-corrected chi connectivity index (χ2v) is 2.67. The minimum atomic E-state index is 0.669. The van der Waals surface area contributed by atoms with Gasteiger partial charge in [-0.3, -0.25) is 10.2 Å². The van der Waals surface area contributed by atoms with E-state index >= 15 is 0 Å². The molecule has 2 N–H and O–H groups in total. The minimum Gasteiger partial charge on any atom is -0.274 e. The average Bonchev–Trinajstić information content (AvgIpc) is 2.58.